The first-order valence-corrected chi connectivity index (χ1v) is 9.03. The van der Waals surface area contributed by atoms with Crippen LogP contribution >= 0.6 is 0 Å². The number of carbonyl (C=O) groups excluding carboxylic acids is 1. The highest BCUT2D eigenvalue weighted by Crippen LogP contribution is 2.28. The Labute approximate surface area is 166 Å². The Morgan fingerprint density at radius 2 is 1.62 bits per heavy atom. The van der Waals surface area contributed by atoms with Gasteiger partial charge in [0, 0.05) is 29.1 Å². The number of halogens is 2. The van der Waals surface area contributed by atoms with Gasteiger partial charge in [-0.25, -0.2) is 13.5 Å². The van der Waals surface area contributed by atoms with Crippen LogP contribution in [0.4, 0.5) is 14.5 Å². The Morgan fingerprint density at radius 3 is 2.38 bits per heavy atom. The predicted octanol–water partition coefficient (Wildman–Crippen LogP) is 5.00. The number of aromatic nitrogens is 2. The number of anilines is 1. The lowest BCUT2D eigenvalue weighted by Gasteiger charge is -2.10. The van der Waals surface area contributed by atoms with Crippen LogP contribution in [0.1, 0.15) is 5.56 Å². The molecular formula is C23H17F2N3O. The van der Waals surface area contributed by atoms with Gasteiger partial charge in [-0.2, -0.15) is 5.10 Å². The van der Waals surface area contributed by atoms with Gasteiger partial charge in [0.15, 0.2) is 0 Å². The fraction of sp³-hybridized carbons (Fsp3) is 0.0435. The van der Waals surface area contributed by atoms with Gasteiger partial charge in [0.05, 0.1) is 18.3 Å². The van der Waals surface area contributed by atoms with Gasteiger partial charge in [-0.05, 0) is 35.9 Å². The van der Waals surface area contributed by atoms with Gasteiger partial charge >= 0.3 is 0 Å². The van der Waals surface area contributed by atoms with Gasteiger partial charge in [-0.1, -0.05) is 36.4 Å². The minimum Gasteiger partial charge on any atom is -0.325 e. The van der Waals surface area contributed by atoms with Crippen molar-refractivity contribution in [3.05, 3.63) is 102 Å². The summed E-state index contributed by atoms with van der Waals surface area (Å²) in [4.78, 5) is 12.4. The molecule has 1 N–H and O–H groups in total. The fourth-order valence-electron chi connectivity index (χ4n) is 3.12. The van der Waals surface area contributed by atoms with Crippen LogP contribution in [-0.4, -0.2) is 15.7 Å². The van der Waals surface area contributed by atoms with Gasteiger partial charge in [-0.15, -0.1) is 0 Å². The van der Waals surface area contributed by atoms with E-state index in [1.807, 2.05) is 54.7 Å². The highest BCUT2D eigenvalue weighted by Gasteiger charge is 2.12. The molecule has 29 heavy (non-hydrogen) atoms. The van der Waals surface area contributed by atoms with Crippen LogP contribution in [0.5, 0.6) is 0 Å². The number of carbonyl (C=O) groups is 1. The first-order valence-electron chi connectivity index (χ1n) is 9.03. The molecule has 0 radical (unpaired) electrons. The van der Waals surface area contributed by atoms with Crippen LogP contribution < -0.4 is 5.32 Å². The second kappa shape index (κ2) is 8.06. The minimum absolute atomic E-state index is 0.133. The van der Waals surface area contributed by atoms with Crippen molar-refractivity contribution in [2.75, 3.05) is 5.32 Å². The predicted molar refractivity (Wildman–Crippen MR) is 108 cm³/mol. The van der Waals surface area contributed by atoms with Gasteiger partial charge in [0.2, 0.25) is 5.91 Å². The molecule has 0 aliphatic heterocycles. The Kier molecular flexibility index (Phi) is 5.16. The molecule has 0 spiro atoms. The maximum absolute atomic E-state index is 13.4. The van der Waals surface area contributed by atoms with Gasteiger partial charge in [-0.3, -0.25) is 4.79 Å². The lowest BCUT2D eigenvalue weighted by molar-refractivity contribution is -0.115. The largest absolute Gasteiger partial charge is 0.325 e. The summed E-state index contributed by atoms with van der Waals surface area (Å²) in [5.41, 5.74) is 3.43. The first-order chi connectivity index (χ1) is 14.1. The quantitative estimate of drug-likeness (QED) is 0.522. The lowest BCUT2D eigenvalue weighted by Crippen LogP contribution is -2.15. The highest BCUT2D eigenvalue weighted by molar-refractivity contribution is 5.96. The maximum atomic E-state index is 13.4. The Bertz CT molecular complexity index is 1140. The smallest absolute Gasteiger partial charge is 0.228 e. The third-order valence-corrected chi connectivity index (χ3v) is 4.40. The number of para-hydroxylation sites is 2. The minimum atomic E-state index is -0.707. The SMILES string of the molecule is O=C(Cc1cc(F)cc(F)c1)Nc1ccccc1-c1cnn(-c2ccccc2)c1. The number of amides is 1. The molecule has 0 unspecified atom stereocenters. The van der Waals surface area contributed by atoms with E-state index in [1.165, 1.54) is 0 Å². The van der Waals surface area contributed by atoms with E-state index in [-0.39, 0.29) is 17.9 Å². The molecule has 3 aromatic carbocycles. The number of hydrogen-bond acceptors (Lipinski definition) is 2. The molecule has 6 heteroatoms. The van der Waals surface area contributed by atoms with Crippen LogP contribution in [0, 0.1) is 11.6 Å². The molecule has 0 aliphatic carbocycles. The zero-order valence-corrected chi connectivity index (χ0v) is 15.3. The van der Waals surface area contributed by atoms with E-state index in [4.69, 9.17) is 0 Å². The van der Waals surface area contributed by atoms with Crippen LogP contribution in [0.25, 0.3) is 16.8 Å². The van der Waals surface area contributed by atoms with Gasteiger partial charge < -0.3 is 5.32 Å². The van der Waals surface area contributed by atoms with Crippen molar-refractivity contribution in [1.29, 1.82) is 0 Å². The average Bonchev–Trinajstić information content (AvgIpc) is 3.18. The summed E-state index contributed by atoms with van der Waals surface area (Å²) in [6.07, 6.45) is 3.47. The molecule has 4 nitrogen and oxygen atoms in total. The summed E-state index contributed by atoms with van der Waals surface area (Å²) in [6, 6.07) is 20.1. The molecular weight excluding hydrogens is 372 g/mol. The molecule has 144 valence electrons. The third kappa shape index (κ3) is 4.38. The van der Waals surface area contributed by atoms with E-state index in [2.05, 4.69) is 10.4 Å². The maximum Gasteiger partial charge on any atom is 0.228 e. The number of nitrogens with one attached hydrogen (secondary N) is 1. The van der Waals surface area contributed by atoms with E-state index >= 15 is 0 Å². The second-order valence-corrected chi connectivity index (χ2v) is 6.56. The lowest BCUT2D eigenvalue weighted by atomic mass is 10.1. The van der Waals surface area contributed by atoms with Gasteiger partial charge in [0.25, 0.3) is 0 Å². The molecule has 0 bridgehead atoms. The highest BCUT2D eigenvalue weighted by atomic mass is 19.1. The van der Waals surface area contributed by atoms with E-state index in [0.717, 1.165) is 35.0 Å². The Morgan fingerprint density at radius 1 is 0.931 bits per heavy atom. The van der Waals surface area contributed by atoms with E-state index in [1.54, 1.807) is 16.9 Å². The molecule has 0 saturated carbocycles. The van der Waals surface area contributed by atoms with Crippen molar-refractivity contribution in [3.8, 4) is 16.8 Å². The third-order valence-electron chi connectivity index (χ3n) is 4.40. The second-order valence-electron chi connectivity index (χ2n) is 6.56. The Hall–Kier alpha value is -3.80. The van der Waals surface area contributed by atoms with Crippen molar-refractivity contribution in [1.82, 2.24) is 9.78 Å². The first kappa shape index (κ1) is 18.6. The summed E-state index contributed by atoms with van der Waals surface area (Å²) in [7, 11) is 0. The molecule has 4 aromatic rings. The summed E-state index contributed by atoms with van der Waals surface area (Å²) < 4.78 is 28.5. The molecule has 0 atom stereocenters. The monoisotopic (exact) mass is 389 g/mol. The molecule has 1 amide bonds. The summed E-state index contributed by atoms with van der Waals surface area (Å²) in [5, 5.41) is 7.22. The van der Waals surface area contributed by atoms with E-state index in [0.29, 0.717) is 5.69 Å². The number of benzene rings is 3. The summed E-state index contributed by atoms with van der Waals surface area (Å²) >= 11 is 0. The van der Waals surface area contributed by atoms with Crippen LogP contribution in [0.15, 0.2) is 85.2 Å². The van der Waals surface area contributed by atoms with Gasteiger partial charge in [0.1, 0.15) is 11.6 Å². The van der Waals surface area contributed by atoms with Crippen LogP contribution in [0.3, 0.4) is 0 Å². The topological polar surface area (TPSA) is 46.9 Å². The summed E-state index contributed by atoms with van der Waals surface area (Å²) in [6.45, 7) is 0. The van der Waals surface area contributed by atoms with Crippen molar-refractivity contribution in [2.45, 2.75) is 6.42 Å². The zero-order chi connectivity index (χ0) is 20.2. The van der Waals surface area contributed by atoms with Crippen molar-refractivity contribution in [2.24, 2.45) is 0 Å². The molecule has 1 aromatic heterocycles. The zero-order valence-electron chi connectivity index (χ0n) is 15.3. The molecule has 0 aliphatic rings. The summed E-state index contributed by atoms with van der Waals surface area (Å²) in [5.74, 6) is -1.78. The molecule has 0 fully saturated rings. The fourth-order valence-corrected chi connectivity index (χ4v) is 3.12. The van der Waals surface area contributed by atoms with Crippen LogP contribution in [-0.2, 0) is 11.2 Å². The van der Waals surface area contributed by atoms with Crippen molar-refractivity contribution >= 4 is 11.6 Å². The number of nitrogens with zero attached hydrogens (tertiary/aromatic N) is 2. The molecule has 4 rings (SSSR count). The molecule has 1 heterocycles. The van der Waals surface area contributed by atoms with Crippen LogP contribution in [0.2, 0.25) is 0 Å². The van der Waals surface area contributed by atoms with Crippen molar-refractivity contribution < 1.29 is 13.6 Å². The normalized spacial score (nSPS) is 10.7. The van der Waals surface area contributed by atoms with Crippen molar-refractivity contribution in [3.63, 3.8) is 0 Å². The standard InChI is InChI=1S/C23H17F2N3O/c24-18-10-16(11-19(25)13-18)12-23(29)27-22-9-5-4-8-21(22)17-14-26-28(15-17)20-6-2-1-3-7-20/h1-11,13-15H,12H2,(H,27,29). The van der Waals surface area contributed by atoms with E-state index in [9.17, 15) is 13.6 Å². The number of rotatable bonds is 5. The molecule has 0 saturated heterocycles. The number of hydrogen-bond donors (Lipinski definition) is 1. The average molecular weight is 389 g/mol. The Balaban J connectivity index is 1.56. The van der Waals surface area contributed by atoms with E-state index < -0.39 is 11.6 Å².